The van der Waals surface area contributed by atoms with Crippen LogP contribution in [0, 0.1) is 11.7 Å². The van der Waals surface area contributed by atoms with Gasteiger partial charge in [-0.25, -0.2) is 4.39 Å². The summed E-state index contributed by atoms with van der Waals surface area (Å²) in [4.78, 5) is 28.9. The Morgan fingerprint density at radius 3 is 2.26 bits per heavy atom. The Kier molecular flexibility index (Phi) is 4.94. The molecule has 0 N–H and O–H groups in total. The van der Waals surface area contributed by atoms with Gasteiger partial charge in [0, 0.05) is 31.7 Å². The van der Waals surface area contributed by atoms with Gasteiger partial charge in [0.25, 0.3) is 5.91 Å². The second-order valence-corrected chi connectivity index (χ2v) is 6.48. The van der Waals surface area contributed by atoms with Gasteiger partial charge in [0.1, 0.15) is 5.82 Å². The molecule has 1 aromatic rings. The number of rotatable bonds is 2. The zero-order valence-corrected chi connectivity index (χ0v) is 13.3. The molecule has 2 heterocycles. The summed E-state index contributed by atoms with van der Waals surface area (Å²) >= 11 is 0. The molecule has 0 unspecified atom stereocenters. The SMILES string of the molecule is O=C(c1ccc(F)cc1)N1CCC[C@H](C(=O)N2CCCCC2)C1. The Labute approximate surface area is 136 Å². The van der Waals surface area contributed by atoms with E-state index in [0.29, 0.717) is 18.7 Å². The molecular formula is C18H23FN2O2. The van der Waals surface area contributed by atoms with E-state index in [2.05, 4.69) is 0 Å². The van der Waals surface area contributed by atoms with Crippen molar-refractivity contribution in [1.82, 2.24) is 9.80 Å². The van der Waals surface area contributed by atoms with E-state index >= 15 is 0 Å². The molecule has 2 saturated heterocycles. The summed E-state index contributed by atoms with van der Waals surface area (Å²) < 4.78 is 13.0. The molecule has 5 heteroatoms. The highest BCUT2D eigenvalue weighted by Gasteiger charge is 2.31. The summed E-state index contributed by atoms with van der Waals surface area (Å²) in [5.74, 6) is -0.355. The smallest absolute Gasteiger partial charge is 0.253 e. The average Bonchev–Trinajstić information content (AvgIpc) is 2.62. The van der Waals surface area contributed by atoms with E-state index in [4.69, 9.17) is 0 Å². The van der Waals surface area contributed by atoms with Crippen molar-refractivity contribution in [2.75, 3.05) is 26.2 Å². The van der Waals surface area contributed by atoms with Gasteiger partial charge in [0.05, 0.1) is 5.92 Å². The summed E-state index contributed by atoms with van der Waals surface area (Å²) in [6.45, 7) is 2.84. The van der Waals surface area contributed by atoms with E-state index in [9.17, 15) is 14.0 Å². The Bertz CT molecular complexity index is 567. The molecule has 1 atom stereocenters. The molecule has 2 aliphatic rings. The fourth-order valence-electron chi connectivity index (χ4n) is 3.51. The van der Waals surface area contributed by atoms with Crippen LogP contribution in [0.1, 0.15) is 42.5 Å². The molecule has 23 heavy (non-hydrogen) atoms. The maximum atomic E-state index is 13.0. The molecule has 0 aromatic heterocycles. The minimum Gasteiger partial charge on any atom is -0.342 e. The molecule has 0 aliphatic carbocycles. The van der Waals surface area contributed by atoms with Crippen LogP contribution < -0.4 is 0 Å². The third-order valence-electron chi connectivity index (χ3n) is 4.82. The highest BCUT2D eigenvalue weighted by Crippen LogP contribution is 2.22. The number of piperidine rings is 2. The molecule has 0 saturated carbocycles. The first-order valence-electron chi connectivity index (χ1n) is 8.49. The van der Waals surface area contributed by atoms with Crippen LogP contribution in [0.3, 0.4) is 0 Å². The third-order valence-corrected chi connectivity index (χ3v) is 4.82. The van der Waals surface area contributed by atoms with Crippen molar-refractivity contribution in [2.24, 2.45) is 5.92 Å². The van der Waals surface area contributed by atoms with E-state index in [1.807, 2.05) is 4.90 Å². The van der Waals surface area contributed by atoms with E-state index in [0.717, 1.165) is 38.8 Å². The molecule has 124 valence electrons. The molecule has 2 aliphatic heterocycles. The van der Waals surface area contributed by atoms with Gasteiger partial charge in [-0.2, -0.15) is 0 Å². The summed E-state index contributed by atoms with van der Waals surface area (Å²) in [7, 11) is 0. The predicted molar refractivity (Wildman–Crippen MR) is 85.5 cm³/mol. The quantitative estimate of drug-likeness (QED) is 0.841. The van der Waals surface area contributed by atoms with Gasteiger partial charge in [0.15, 0.2) is 0 Å². The van der Waals surface area contributed by atoms with Crippen molar-refractivity contribution < 1.29 is 14.0 Å². The molecular weight excluding hydrogens is 295 g/mol. The van der Waals surface area contributed by atoms with Gasteiger partial charge in [-0.05, 0) is 56.4 Å². The van der Waals surface area contributed by atoms with Crippen molar-refractivity contribution in [3.63, 3.8) is 0 Å². The average molecular weight is 318 g/mol. The maximum absolute atomic E-state index is 13.0. The first-order chi connectivity index (χ1) is 11.1. The number of hydrogen-bond donors (Lipinski definition) is 0. The number of halogens is 1. The minimum atomic E-state index is -0.349. The largest absolute Gasteiger partial charge is 0.342 e. The summed E-state index contributed by atoms with van der Waals surface area (Å²) in [6, 6.07) is 5.61. The van der Waals surface area contributed by atoms with Crippen molar-refractivity contribution in [1.29, 1.82) is 0 Å². The second-order valence-electron chi connectivity index (χ2n) is 6.48. The van der Waals surface area contributed by atoms with Crippen LogP contribution in [0.25, 0.3) is 0 Å². The Hall–Kier alpha value is -1.91. The van der Waals surface area contributed by atoms with Gasteiger partial charge in [0.2, 0.25) is 5.91 Å². The molecule has 2 amide bonds. The normalized spacial score (nSPS) is 22.0. The Morgan fingerprint density at radius 1 is 0.913 bits per heavy atom. The monoisotopic (exact) mass is 318 g/mol. The standard InChI is InChI=1S/C18H23FN2O2/c19-16-8-6-14(7-9-16)17(22)21-12-4-5-15(13-21)18(23)20-10-2-1-3-11-20/h6-9,15H,1-5,10-13H2/t15-/m0/s1. The number of benzene rings is 1. The van der Waals surface area contributed by atoms with E-state index in [-0.39, 0.29) is 23.5 Å². The highest BCUT2D eigenvalue weighted by atomic mass is 19.1. The molecule has 3 rings (SSSR count). The van der Waals surface area contributed by atoms with Gasteiger partial charge in [-0.1, -0.05) is 0 Å². The number of carbonyl (C=O) groups is 2. The van der Waals surface area contributed by atoms with Crippen LogP contribution in [0.15, 0.2) is 24.3 Å². The topological polar surface area (TPSA) is 40.6 Å². The van der Waals surface area contributed by atoms with Crippen LogP contribution in [0.2, 0.25) is 0 Å². The number of nitrogens with zero attached hydrogens (tertiary/aromatic N) is 2. The van der Waals surface area contributed by atoms with Crippen molar-refractivity contribution in [3.05, 3.63) is 35.6 Å². The lowest BCUT2D eigenvalue weighted by atomic mass is 9.95. The van der Waals surface area contributed by atoms with Crippen LogP contribution >= 0.6 is 0 Å². The Morgan fingerprint density at radius 2 is 1.57 bits per heavy atom. The van der Waals surface area contributed by atoms with E-state index < -0.39 is 0 Å². The van der Waals surface area contributed by atoms with Gasteiger partial charge < -0.3 is 9.80 Å². The molecule has 0 bridgehead atoms. The summed E-state index contributed by atoms with van der Waals surface area (Å²) in [6.07, 6.45) is 5.05. The minimum absolute atomic E-state index is 0.0914. The maximum Gasteiger partial charge on any atom is 0.253 e. The zero-order valence-electron chi connectivity index (χ0n) is 13.3. The third kappa shape index (κ3) is 3.71. The highest BCUT2D eigenvalue weighted by molar-refractivity contribution is 5.94. The van der Waals surface area contributed by atoms with E-state index in [1.165, 1.54) is 30.7 Å². The predicted octanol–water partition coefficient (Wildman–Crippen LogP) is 2.69. The molecule has 1 aromatic carbocycles. The van der Waals surface area contributed by atoms with Gasteiger partial charge in [-0.3, -0.25) is 9.59 Å². The van der Waals surface area contributed by atoms with Crippen LogP contribution in [-0.4, -0.2) is 47.8 Å². The lowest BCUT2D eigenvalue weighted by Gasteiger charge is -2.36. The van der Waals surface area contributed by atoms with Crippen LogP contribution in [-0.2, 0) is 4.79 Å². The fourth-order valence-corrected chi connectivity index (χ4v) is 3.51. The summed E-state index contributed by atoms with van der Waals surface area (Å²) in [5, 5.41) is 0. The molecule has 4 nitrogen and oxygen atoms in total. The molecule has 0 radical (unpaired) electrons. The summed E-state index contributed by atoms with van der Waals surface area (Å²) in [5.41, 5.74) is 0.484. The fraction of sp³-hybridized carbons (Fsp3) is 0.556. The van der Waals surface area contributed by atoms with Gasteiger partial charge >= 0.3 is 0 Å². The second kappa shape index (κ2) is 7.11. The number of likely N-dealkylation sites (tertiary alicyclic amines) is 2. The van der Waals surface area contributed by atoms with E-state index in [1.54, 1.807) is 4.90 Å². The van der Waals surface area contributed by atoms with Crippen LogP contribution in [0.5, 0.6) is 0 Å². The van der Waals surface area contributed by atoms with Crippen molar-refractivity contribution in [3.8, 4) is 0 Å². The number of carbonyl (C=O) groups excluding carboxylic acids is 2. The molecule has 0 spiro atoms. The lowest BCUT2D eigenvalue weighted by Crippen LogP contribution is -2.47. The zero-order chi connectivity index (χ0) is 16.2. The number of amides is 2. The first-order valence-corrected chi connectivity index (χ1v) is 8.49. The van der Waals surface area contributed by atoms with Crippen molar-refractivity contribution in [2.45, 2.75) is 32.1 Å². The van der Waals surface area contributed by atoms with Crippen LogP contribution in [0.4, 0.5) is 4.39 Å². The molecule has 2 fully saturated rings. The Balaban J connectivity index is 1.64. The lowest BCUT2D eigenvalue weighted by molar-refractivity contribution is -0.137. The first kappa shape index (κ1) is 16.0. The van der Waals surface area contributed by atoms with Crippen molar-refractivity contribution >= 4 is 11.8 Å². The van der Waals surface area contributed by atoms with Gasteiger partial charge in [-0.15, -0.1) is 0 Å². The number of hydrogen-bond acceptors (Lipinski definition) is 2.